The van der Waals surface area contributed by atoms with Crippen LogP contribution in [0.3, 0.4) is 0 Å². The number of hydrogen-bond donors (Lipinski definition) is 3. The lowest BCUT2D eigenvalue weighted by Gasteiger charge is -2.27. The first-order valence-electron chi connectivity index (χ1n) is 31.9. The quantitative estimate of drug-likeness (QED) is 0.0603. The van der Waals surface area contributed by atoms with Crippen LogP contribution in [0.2, 0.25) is 0 Å². The third-order valence-electron chi connectivity index (χ3n) is 17.4. The number of carbonyl (C=O) groups excluding carboxylic acids is 3. The number of ether oxygens (including phenoxy) is 6. The Hall–Kier alpha value is -10.3. The maximum absolute atomic E-state index is 14.4. The molecule has 2 saturated carbocycles. The Bertz CT molecular complexity index is 4360. The van der Waals surface area contributed by atoms with Gasteiger partial charge in [0.2, 0.25) is 35.3 Å². The number of carbonyl (C=O) groups is 3. The maximum Gasteiger partial charge on any atom is 0.262 e. The van der Waals surface area contributed by atoms with E-state index in [1.807, 2.05) is 125 Å². The molecule has 2 fully saturated rings. The van der Waals surface area contributed by atoms with E-state index in [4.69, 9.17) is 58.4 Å². The van der Waals surface area contributed by atoms with Crippen LogP contribution in [0, 0.1) is 0 Å². The zero-order chi connectivity index (χ0) is 64.2. The number of anilines is 3. The monoisotopic (exact) mass is 1260 g/mol. The second-order valence-corrected chi connectivity index (χ2v) is 26.2. The van der Waals surface area contributed by atoms with Crippen LogP contribution in [0.5, 0.6) is 35.3 Å². The fraction of sp³-hybridized carbons (Fsp3) is 0.391. The Morgan fingerprint density at radius 3 is 1.37 bits per heavy atom. The molecule has 24 heteroatoms. The van der Waals surface area contributed by atoms with Gasteiger partial charge >= 0.3 is 0 Å². The molecule has 0 saturated heterocycles. The fourth-order valence-corrected chi connectivity index (χ4v) is 12.4. The van der Waals surface area contributed by atoms with Crippen molar-refractivity contribution >= 4 is 35.2 Å². The summed E-state index contributed by atoms with van der Waals surface area (Å²) in [5.41, 5.74) is 5.90. The summed E-state index contributed by atoms with van der Waals surface area (Å²) in [6, 6.07) is 21.8. The summed E-state index contributed by atoms with van der Waals surface area (Å²) < 4.78 is 43.4. The third-order valence-corrected chi connectivity index (χ3v) is 17.4. The molecule has 9 aromatic rings. The number of hydrogen-bond acceptors (Lipinski definition) is 18. The fourth-order valence-electron chi connectivity index (χ4n) is 12.4. The molecule has 12 heterocycles. The van der Waals surface area contributed by atoms with Gasteiger partial charge in [-0.3, -0.25) is 28.4 Å². The Kier molecular flexibility index (Phi) is 15.8. The molecule has 5 aliphatic rings. The first-order chi connectivity index (χ1) is 44.8. The van der Waals surface area contributed by atoms with Crippen molar-refractivity contribution in [2.45, 2.75) is 167 Å². The Labute approximate surface area is 537 Å². The number of aryl methyl sites for hydroxylation is 3. The van der Waals surface area contributed by atoms with Crippen molar-refractivity contribution in [1.29, 1.82) is 0 Å². The van der Waals surface area contributed by atoms with Gasteiger partial charge < -0.3 is 44.4 Å². The number of pyridine rings is 6. The number of aromatic nitrogens is 12. The van der Waals surface area contributed by atoms with Gasteiger partial charge in [-0.1, -0.05) is 18.2 Å². The Morgan fingerprint density at radius 1 is 0.527 bits per heavy atom. The van der Waals surface area contributed by atoms with Gasteiger partial charge in [0, 0.05) is 104 Å². The summed E-state index contributed by atoms with van der Waals surface area (Å²) in [5, 5.41) is 22.6. The van der Waals surface area contributed by atoms with Crippen molar-refractivity contribution in [2.24, 2.45) is 7.05 Å². The second kappa shape index (κ2) is 24.4. The summed E-state index contributed by atoms with van der Waals surface area (Å²) >= 11 is 0. The van der Waals surface area contributed by atoms with Crippen LogP contribution in [0.4, 0.5) is 17.5 Å². The highest BCUT2D eigenvalue weighted by atomic mass is 16.5. The van der Waals surface area contributed by atoms with Gasteiger partial charge in [0.05, 0.1) is 41.8 Å². The van der Waals surface area contributed by atoms with E-state index < -0.39 is 28.6 Å². The minimum absolute atomic E-state index is 0.0424. The third kappa shape index (κ3) is 13.3. The summed E-state index contributed by atoms with van der Waals surface area (Å²) in [4.78, 5) is 70.9. The second-order valence-electron chi connectivity index (χ2n) is 26.2. The van der Waals surface area contributed by atoms with Gasteiger partial charge in [-0.15, -0.1) is 0 Å². The summed E-state index contributed by atoms with van der Waals surface area (Å²) in [6.07, 6.45) is 20.1. The zero-order valence-electron chi connectivity index (χ0n) is 53.1. The van der Waals surface area contributed by atoms with E-state index in [9.17, 15) is 14.4 Å². The number of fused-ring (bicyclic) bond motifs is 3. The van der Waals surface area contributed by atoms with E-state index in [2.05, 4.69) is 31.1 Å². The first-order valence-corrected chi connectivity index (χ1v) is 31.9. The topological polar surface area (TPSA) is 273 Å². The van der Waals surface area contributed by atoms with Gasteiger partial charge in [-0.2, -0.15) is 30.2 Å². The van der Waals surface area contributed by atoms with E-state index in [1.54, 1.807) is 47.5 Å². The number of nitrogens with one attached hydrogen (secondary N) is 3. The molecule has 24 nitrogen and oxygen atoms in total. The highest BCUT2D eigenvalue weighted by Crippen LogP contribution is 2.43. The van der Waals surface area contributed by atoms with Crippen LogP contribution in [-0.4, -0.2) is 112 Å². The molecule has 3 aliphatic heterocycles. The van der Waals surface area contributed by atoms with Gasteiger partial charge in [0.25, 0.3) is 17.7 Å². The van der Waals surface area contributed by atoms with Crippen LogP contribution in [0.15, 0.2) is 110 Å². The number of amides is 3. The highest BCUT2D eigenvalue weighted by Gasteiger charge is 2.41. The molecule has 3 amide bonds. The van der Waals surface area contributed by atoms with E-state index in [-0.39, 0.29) is 41.9 Å². The van der Waals surface area contributed by atoms with Crippen LogP contribution in [0.1, 0.15) is 147 Å². The van der Waals surface area contributed by atoms with E-state index in [0.29, 0.717) is 114 Å². The lowest BCUT2D eigenvalue weighted by Crippen LogP contribution is -2.31. The number of rotatable bonds is 21. The lowest BCUT2D eigenvalue weighted by molar-refractivity contribution is 0.0878. The van der Waals surface area contributed by atoms with Crippen molar-refractivity contribution < 1.29 is 42.8 Å². The molecule has 0 aromatic carbocycles. The molecule has 14 rings (SSSR count). The van der Waals surface area contributed by atoms with Crippen molar-refractivity contribution in [1.82, 2.24) is 59.2 Å². The Balaban J connectivity index is 0.605. The van der Waals surface area contributed by atoms with Crippen molar-refractivity contribution in [2.75, 3.05) is 16.0 Å². The molecule has 93 heavy (non-hydrogen) atoms. The molecule has 478 valence electrons. The molecule has 0 radical (unpaired) electrons. The molecule has 2 atom stereocenters. The molecule has 9 aromatic heterocycles. The van der Waals surface area contributed by atoms with Crippen molar-refractivity contribution in [3.05, 3.63) is 143 Å². The lowest BCUT2D eigenvalue weighted by atomic mass is 9.95. The van der Waals surface area contributed by atoms with E-state index >= 15 is 0 Å². The average molecular weight is 1260 g/mol. The average Bonchev–Trinajstić information content (AvgIpc) is 1.68. The normalized spacial score (nSPS) is 18.6. The van der Waals surface area contributed by atoms with E-state index in [0.717, 1.165) is 78.3 Å². The largest absolute Gasteiger partial charge is 0.474 e. The maximum atomic E-state index is 14.4. The minimum atomic E-state index is -0.671. The van der Waals surface area contributed by atoms with Gasteiger partial charge in [0.15, 0.2) is 0 Å². The molecule has 0 spiro atoms. The van der Waals surface area contributed by atoms with Gasteiger partial charge in [-0.25, -0.2) is 15.0 Å². The first kappa shape index (κ1) is 60.3. The minimum Gasteiger partial charge on any atom is -0.474 e. The molecule has 2 unspecified atom stereocenters. The Morgan fingerprint density at radius 2 is 0.935 bits per heavy atom. The number of nitrogens with zero attached hydrogens (tertiary/aromatic N) is 12. The standard InChI is InChI=1S/C69H73N15O9/c1-40(2)88-64-49(28-41-31-67(3,4)91-61(41)79-64)58(85)76-56-22-12-19-53(74-56)45-35-71-83(38-45)27-25-69(6)33-43-30-51(66(81-63(43)93-69)90-48-16-10-17-48)60(87)78-57-23-13-20-54(75-57)46-36-72-84(39-46)26-24-68(5)32-42-29-50(65(80-62(42)92-68)89-47-14-8-9-15-47)59(86)77-55-21-11-18-52(73-55)44-34-70-82(7)37-44/h11-13,18-23,28-30,34-40,47-48H,8-10,14-17,24-27,31-33H2,1-7H3,(H,73,77,86)(H,74,76,85)(H,75,78,87). The van der Waals surface area contributed by atoms with Crippen LogP contribution >= 0.6 is 0 Å². The SMILES string of the molecule is CC(C)Oc1nc2c(cc1C(=O)Nc1cccc(-c3cnn(CCC4(C)Cc5cc(C(=O)Nc6cccc(-c7cnn(CCC8(C)Cc9cc(C(=O)Nc%10cccc(-c%11cnn(C)c%11)n%10)c(OC%10CCCC%10)nc9O8)c7)n6)c(OC6CCC6)nc5O4)c3)n1)CC(C)(C)O2. The molecule has 2 aliphatic carbocycles. The summed E-state index contributed by atoms with van der Waals surface area (Å²) in [7, 11) is 1.84. The van der Waals surface area contributed by atoms with Crippen LogP contribution in [0.25, 0.3) is 33.8 Å². The molecular formula is C69H73N15O9. The smallest absolute Gasteiger partial charge is 0.262 e. The molecule has 0 bridgehead atoms. The molecular weight excluding hydrogens is 1180 g/mol. The van der Waals surface area contributed by atoms with Crippen LogP contribution < -0.4 is 44.4 Å². The van der Waals surface area contributed by atoms with Crippen molar-refractivity contribution in [3.8, 4) is 69.1 Å². The summed E-state index contributed by atoms with van der Waals surface area (Å²) in [5.74, 6) is 1.95. The zero-order valence-corrected chi connectivity index (χ0v) is 53.1. The molecule has 3 N–H and O–H groups in total. The van der Waals surface area contributed by atoms with Crippen molar-refractivity contribution in [3.63, 3.8) is 0 Å². The van der Waals surface area contributed by atoms with Gasteiger partial charge in [-0.05, 0) is 141 Å². The summed E-state index contributed by atoms with van der Waals surface area (Å²) in [6.45, 7) is 12.8. The van der Waals surface area contributed by atoms with Gasteiger partial charge in [0.1, 0.15) is 63.2 Å². The van der Waals surface area contributed by atoms with Crippen LogP contribution in [-0.2, 0) is 39.4 Å². The highest BCUT2D eigenvalue weighted by molar-refractivity contribution is 6.07. The predicted octanol–water partition coefficient (Wildman–Crippen LogP) is 11.3. The predicted molar refractivity (Wildman–Crippen MR) is 344 cm³/mol. The van der Waals surface area contributed by atoms with E-state index in [1.165, 1.54) is 0 Å².